The number of carbonyl (C=O) groups is 1. The Hall–Kier alpha value is -0.870. The fourth-order valence-corrected chi connectivity index (χ4v) is 3.59. The van der Waals surface area contributed by atoms with Crippen LogP contribution in [0.5, 0.6) is 0 Å². The first-order valence-electron chi connectivity index (χ1n) is 7.07. The molecule has 1 aliphatic rings. The van der Waals surface area contributed by atoms with Crippen molar-refractivity contribution in [3.8, 4) is 0 Å². The van der Waals surface area contributed by atoms with Gasteiger partial charge in [-0.15, -0.1) is 0 Å². The highest BCUT2D eigenvalue weighted by Gasteiger charge is 2.22. The molecular weight excluding hydrogens is 292 g/mol. The van der Waals surface area contributed by atoms with Crippen molar-refractivity contribution >= 4 is 40.6 Å². The second-order valence-electron chi connectivity index (χ2n) is 5.07. The van der Waals surface area contributed by atoms with E-state index >= 15 is 0 Å². The van der Waals surface area contributed by atoms with Crippen LogP contribution in [0.15, 0.2) is 18.2 Å². The maximum atomic E-state index is 11.5. The van der Waals surface area contributed by atoms with E-state index in [0.717, 1.165) is 17.8 Å². The number of hydrogen-bond acceptors (Lipinski definition) is 3. The molecule has 0 radical (unpaired) electrons. The third-order valence-corrected chi connectivity index (χ3v) is 5.23. The number of thioether (sulfide) groups is 1. The lowest BCUT2D eigenvalue weighted by Gasteiger charge is -2.30. The van der Waals surface area contributed by atoms with Crippen molar-refractivity contribution in [1.29, 1.82) is 0 Å². The molecule has 3 nitrogen and oxygen atoms in total. The van der Waals surface area contributed by atoms with E-state index in [-0.39, 0.29) is 5.91 Å². The zero-order valence-electron chi connectivity index (χ0n) is 11.9. The minimum absolute atomic E-state index is 0.0138. The Labute approximate surface area is 129 Å². The quantitative estimate of drug-likeness (QED) is 0.866. The van der Waals surface area contributed by atoms with Crippen LogP contribution in [-0.2, 0) is 4.79 Å². The summed E-state index contributed by atoms with van der Waals surface area (Å²) in [7, 11) is 0. The molecule has 2 N–H and O–H groups in total. The molecule has 1 aromatic rings. The summed E-state index contributed by atoms with van der Waals surface area (Å²) >= 11 is 8.25. The fourth-order valence-electron chi connectivity index (χ4n) is 2.28. The average molecular weight is 313 g/mol. The van der Waals surface area contributed by atoms with E-state index in [1.54, 1.807) is 0 Å². The largest absolute Gasteiger partial charge is 0.380 e. The molecule has 1 amide bonds. The van der Waals surface area contributed by atoms with Crippen molar-refractivity contribution in [1.82, 2.24) is 0 Å². The standard InChI is InChI=1S/C15H21ClN2OS/c1-3-15(19)17-11-6-7-12(16)14(9-11)18-13-5-4-8-20-10(13)2/h6-7,9-10,13,18H,3-5,8H2,1-2H3,(H,17,19). The summed E-state index contributed by atoms with van der Waals surface area (Å²) in [5.41, 5.74) is 1.69. The molecule has 1 aliphatic heterocycles. The van der Waals surface area contributed by atoms with Gasteiger partial charge in [-0.05, 0) is 36.8 Å². The molecule has 1 aromatic carbocycles. The van der Waals surface area contributed by atoms with Crippen molar-refractivity contribution in [2.45, 2.75) is 44.4 Å². The number of halogens is 1. The van der Waals surface area contributed by atoms with Crippen LogP contribution in [-0.4, -0.2) is 23.0 Å². The van der Waals surface area contributed by atoms with Gasteiger partial charge in [0.15, 0.2) is 0 Å². The van der Waals surface area contributed by atoms with Gasteiger partial charge in [0.05, 0.1) is 10.7 Å². The molecule has 2 rings (SSSR count). The lowest BCUT2D eigenvalue weighted by Crippen LogP contribution is -2.32. The van der Waals surface area contributed by atoms with Gasteiger partial charge in [0.1, 0.15) is 0 Å². The Kier molecular flexibility index (Phi) is 5.61. The molecule has 2 atom stereocenters. The van der Waals surface area contributed by atoms with Crippen LogP contribution in [0.25, 0.3) is 0 Å². The number of rotatable bonds is 4. The Morgan fingerprint density at radius 1 is 1.50 bits per heavy atom. The molecule has 0 saturated carbocycles. The van der Waals surface area contributed by atoms with Gasteiger partial charge >= 0.3 is 0 Å². The summed E-state index contributed by atoms with van der Waals surface area (Å²) in [5.74, 6) is 1.25. The summed E-state index contributed by atoms with van der Waals surface area (Å²) in [6, 6.07) is 6.01. The van der Waals surface area contributed by atoms with Gasteiger partial charge in [0, 0.05) is 23.4 Å². The van der Waals surface area contributed by atoms with Gasteiger partial charge in [-0.1, -0.05) is 25.4 Å². The molecule has 2 unspecified atom stereocenters. The van der Waals surface area contributed by atoms with Crippen molar-refractivity contribution in [3.63, 3.8) is 0 Å². The Morgan fingerprint density at radius 2 is 2.30 bits per heavy atom. The Morgan fingerprint density at radius 3 is 3.00 bits per heavy atom. The average Bonchev–Trinajstić information content (AvgIpc) is 2.44. The number of amides is 1. The van der Waals surface area contributed by atoms with Gasteiger partial charge < -0.3 is 10.6 Å². The van der Waals surface area contributed by atoms with E-state index in [1.165, 1.54) is 12.2 Å². The van der Waals surface area contributed by atoms with Crippen molar-refractivity contribution < 1.29 is 4.79 Å². The van der Waals surface area contributed by atoms with Gasteiger partial charge in [0.25, 0.3) is 0 Å². The third-order valence-electron chi connectivity index (χ3n) is 3.52. The molecule has 1 fully saturated rings. The molecule has 20 heavy (non-hydrogen) atoms. The number of nitrogens with one attached hydrogen (secondary N) is 2. The molecular formula is C15H21ClN2OS. The maximum Gasteiger partial charge on any atom is 0.224 e. The second kappa shape index (κ2) is 7.23. The van der Waals surface area contributed by atoms with Crippen LogP contribution in [0.2, 0.25) is 5.02 Å². The number of benzene rings is 1. The second-order valence-corrected chi connectivity index (χ2v) is 6.96. The van der Waals surface area contributed by atoms with Crippen molar-refractivity contribution in [2.75, 3.05) is 16.4 Å². The summed E-state index contributed by atoms with van der Waals surface area (Å²) in [6.07, 6.45) is 2.87. The molecule has 0 aromatic heterocycles. The van der Waals surface area contributed by atoms with E-state index in [9.17, 15) is 4.79 Å². The molecule has 5 heteroatoms. The summed E-state index contributed by atoms with van der Waals surface area (Å²) in [6.45, 7) is 4.09. The van der Waals surface area contributed by atoms with Crippen LogP contribution in [0.4, 0.5) is 11.4 Å². The smallest absolute Gasteiger partial charge is 0.224 e. The fraction of sp³-hybridized carbons (Fsp3) is 0.533. The van der Waals surface area contributed by atoms with Crippen LogP contribution < -0.4 is 10.6 Å². The van der Waals surface area contributed by atoms with Gasteiger partial charge in [-0.25, -0.2) is 0 Å². The molecule has 1 heterocycles. The predicted molar refractivity (Wildman–Crippen MR) is 88.9 cm³/mol. The summed E-state index contributed by atoms with van der Waals surface area (Å²) in [5, 5.41) is 7.67. The van der Waals surface area contributed by atoms with Gasteiger partial charge in [-0.3, -0.25) is 4.79 Å². The molecule has 1 saturated heterocycles. The summed E-state index contributed by atoms with van der Waals surface area (Å²) < 4.78 is 0. The van der Waals surface area contributed by atoms with E-state index < -0.39 is 0 Å². The minimum atomic E-state index is 0.0138. The van der Waals surface area contributed by atoms with Crippen LogP contribution >= 0.6 is 23.4 Å². The minimum Gasteiger partial charge on any atom is -0.380 e. The first-order valence-corrected chi connectivity index (χ1v) is 8.50. The molecule has 0 aliphatic carbocycles. The highest BCUT2D eigenvalue weighted by molar-refractivity contribution is 8.00. The zero-order chi connectivity index (χ0) is 14.5. The first-order chi connectivity index (χ1) is 9.60. The lowest BCUT2D eigenvalue weighted by atomic mass is 10.1. The Balaban J connectivity index is 2.09. The Bertz CT molecular complexity index is 481. The monoisotopic (exact) mass is 312 g/mol. The normalized spacial score (nSPS) is 22.4. The van der Waals surface area contributed by atoms with Crippen LogP contribution in [0, 0.1) is 0 Å². The summed E-state index contributed by atoms with van der Waals surface area (Å²) in [4.78, 5) is 11.5. The van der Waals surface area contributed by atoms with Gasteiger partial charge in [-0.2, -0.15) is 11.8 Å². The number of carbonyl (C=O) groups excluding carboxylic acids is 1. The zero-order valence-corrected chi connectivity index (χ0v) is 13.5. The van der Waals surface area contributed by atoms with Crippen molar-refractivity contribution in [2.24, 2.45) is 0 Å². The van der Waals surface area contributed by atoms with Crippen LogP contribution in [0.1, 0.15) is 33.1 Å². The van der Waals surface area contributed by atoms with E-state index in [2.05, 4.69) is 17.6 Å². The highest BCUT2D eigenvalue weighted by atomic mass is 35.5. The predicted octanol–water partition coefficient (Wildman–Crippen LogP) is 4.38. The van der Waals surface area contributed by atoms with E-state index in [4.69, 9.17) is 11.6 Å². The molecule has 0 bridgehead atoms. The van der Waals surface area contributed by atoms with E-state index in [1.807, 2.05) is 36.9 Å². The lowest BCUT2D eigenvalue weighted by molar-refractivity contribution is -0.115. The SMILES string of the molecule is CCC(=O)Nc1ccc(Cl)c(NC2CCCSC2C)c1. The topological polar surface area (TPSA) is 41.1 Å². The first kappa shape index (κ1) is 15.5. The molecule has 0 spiro atoms. The van der Waals surface area contributed by atoms with Crippen molar-refractivity contribution in [3.05, 3.63) is 23.2 Å². The number of anilines is 2. The van der Waals surface area contributed by atoms with Crippen LogP contribution in [0.3, 0.4) is 0 Å². The maximum absolute atomic E-state index is 11.5. The number of hydrogen-bond donors (Lipinski definition) is 2. The van der Waals surface area contributed by atoms with E-state index in [0.29, 0.717) is 22.7 Å². The van der Waals surface area contributed by atoms with Gasteiger partial charge in [0.2, 0.25) is 5.91 Å². The highest BCUT2D eigenvalue weighted by Crippen LogP contribution is 2.31. The molecule has 110 valence electrons. The third kappa shape index (κ3) is 4.06.